The molecule has 0 saturated carbocycles. The minimum absolute atomic E-state index is 0.0855. The van der Waals surface area contributed by atoms with Gasteiger partial charge in [0.05, 0.1) is 22.8 Å². The van der Waals surface area contributed by atoms with Crippen LogP contribution in [0.25, 0.3) is 22.3 Å². The Morgan fingerprint density at radius 3 is 2.46 bits per heavy atom. The summed E-state index contributed by atoms with van der Waals surface area (Å²) in [7, 11) is 1.57. The summed E-state index contributed by atoms with van der Waals surface area (Å²) >= 11 is 0. The van der Waals surface area contributed by atoms with Crippen LogP contribution in [0.4, 0.5) is 0 Å². The van der Waals surface area contributed by atoms with Gasteiger partial charge in [0, 0.05) is 18.7 Å². The highest BCUT2D eigenvalue weighted by Crippen LogP contribution is 2.29. The predicted octanol–water partition coefficient (Wildman–Crippen LogP) is 2.93. The van der Waals surface area contributed by atoms with Gasteiger partial charge in [-0.1, -0.05) is 24.3 Å². The Morgan fingerprint density at radius 1 is 1.18 bits per heavy atom. The molecule has 2 amide bonds. The summed E-state index contributed by atoms with van der Waals surface area (Å²) in [5.41, 5.74) is 9.17. The van der Waals surface area contributed by atoms with Crippen molar-refractivity contribution >= 4 is 22.8 Å². The molecule has 0 aliphatic carbocycles. The first-order valence-corrected chi connectivity index (χ1v) is 9.23. The van der Waals surface area contributed by atoms with E-state index in [-0.39, 0.29) is 11.9 Å². The summed E-state index contributed by atoms with van der Waals surface area (Å²) in [5.74, 6) is -0.852. The molecule has 0 saturated heterocycles. The molecule has 2 aromatic heterocycles. The molecule has 7 heteroatoms. The molecule has 0 fully saturated rings. The Hall–Kier alpha value is -3.22. The highest BCUT2D eigenvalue weighted by Gasteiger charge is 2.25. The van der Waals surface area contributed by atoms with Crippen molar-refractivity contribution in [3.8, 4) is 11.3 Å². The van der Waals surface area contributed by atoms with Crippen LogP contribution in [0.1, 0.15) is 42.7 Å². The van der Waals surface area contributed by atoms with Gasteiger partial charge < -0.3 is 10.6 Å². The van der Waals surface area contributed by atoms with Crippen LogP contribution in [-0.2, 0) is 4.79 Å². The second-order valence-electron chi connectivity index (χ2n) is 7.28. The molecule has 7 nitrogen and oxygen atoms in total. The second kappa shape index (κ2) is 7.42. The minimum atomic E-state index is -0.724. The van der Waals surface area contributed by atoms with Crippen LogP contribution in [0.3, 0.4) is 0 Å². The highest BCUT2D eigenvalue weighted by molar-refractivity contribution is 6.07. The quantitative estimate of drug-likeness (QED) is 0.737. The number of aryl methyl sites for hydroxylation is 1. The molecule has 1 aromatic carbocycles. The molecule has 0 bridgehead atoms. The van der Waals surface area contributed by atoms with E-state index < -0.39 is 11.9 Å². The molecule has 1 atom stereocenters. The zero-order valence-electron chi connectivity index (χ0n) is 16.8. The molecule has 28 heavy (non-hydrogen) atoms. The van der Waals surface area contributed by atoms with Crippen molar-refractivity contribution in [1.29, 1.82) is 0 Å². The lowest BCUT2D eigenvalue weighted by atomic mass is 10.0. The molecule has 3 aromatic rings. The molecule has 0 radical (unpaired) electrons. The van der Waals surface area contributed by atoms with Crippen LogP contribution in [0.2, 0.25) is 0 Å². The molecule has 2 N–H and O–H groups in total. The van der Waals surface area contributed by atoms with Crippen LogP contribution in [0.15, 0.2) is 36.5 Å². The Kier molecular flexibility index (Phi) is 5.18. The third kappa shape index (κ3) is 3.35. The minimum Gasteiger partial charge on any atom is -0.368 e. The van der Waals surface area contributed by atoms with Crippen LogP contribution in [-0.4, -0.2) is 44.6 Å². The Labute approximate surface area is 164 Å². The Morgan fingerprint density at radius 2 is 1.86 bits per heavy atom. The van der Waals surface area contributed by atoms with Crippen molar-refractivity contribution in [3.05, 3.63) is 47.7 Å². The van der Waals surface area contributed by atoms with E-state index >= 15 is 0 Å². The topological polar surface area (TPSA) is 94.1 Å². The lowest BCUT2D eigenvalue weighted by Gasteiger charge is -2.23. The van der Waals surface area contributed by atoms with Gasteiger partial charge in [-0.15, -0.1) is 0 Å². The van der Waals surface area contributed by atoms with E-state index in [2.05, 4.69) is 5.10 Å². The van der Waals surface area contributed by atoms with E-state index in [0.717, 1.165) is 11.1 Å². The summed E-state index contributed by atoms with van der Waals surface area (Å²) < 4.78 is 1.80. The number of amides is 2. The average molecular weight is 379 g/mol. The van der Waals surface area contributed by atoms with Crippen molar-refractivity contribution in [2.75, 3.05) is 7.05 Å². The van der Waals surface area contributed by atoms with E-state index in [0.29, 0.717) is 22.3 Å². The van der Waals surface area contributed by atoms with E-state index in [4.69, 9.17) is 10.7 Å². The molecule has 2 heterocycles. The van der Waals surface area contributed by atoms with Gasteiger partial charge in [-0.3, -0.25) is 9.59 Å². The van der Waals surface area contributed by atoms with Gasteiger partial charge in [0.25, 0.3) is 5.91 Å². The number of benzene rings is 1. The largest absolute Gasteiger partial charge is 0.368 e. The summed E-state index contributed by atoms with van der Waals surface area (Å²) in [6.45, 7) is 7.64. The van der Waals surface area contributed by atoms with E-state index in [1.54, 1.807) is 30.9 Å². The predicted molar refractivity (Wildman–Crippen MR) is 109 cm³/mol. The number of pyridine rings is 1. The summed E-state index contributed by atoms with van der Waals surface area (Å²) in [6.07, 6.45) is 1.65. The van der Waals surface area contributed by atoms with Crippen LogP contribution >= 0.6 is 0 Å². The monoisotopic (exact) mass is 379 g/mol. The fourth-order valence-corrected chi connectivity index (χ4v) is 3.13. The fourth-order valence-electron chi connectivity index (χ4n) is 3.13. The lowest BCUT2D eigenvalue weighted by Crippen LogP contribution is -2.43. The molecule has 0 unspecified atom stereocenters. The number of rotatable bonds is 5. The smallest absolute Gasteiger partial charge is 0.255 e. The van der Waals surface area contributed by atoms with Gasteiger partial charge in [-0.05, 0) is 39.3 Å². The number of aromatic nitrogens is 3. The Balaban J connectivity index is 2.25. The second-order valence-corrected chi connectivity index (χ2v) is 7.28. The molecular formula is C21H25N5O2. The highest BCUT2D eigenvalue weighted by atomic mass is 16.2. The van der Waals surface area contributed by atoms with Crippen LogP contribution in [0.5, 0.6) is 0 Å². The van der Waals surface area contributed by atoms with Crippen molar-refractivity contribution in [2.45, 2.75) is 39.8 Å². The normalized spacial score (nSPS) is 12.4. The number of hydrogen-bond donors (Lipinski definition) is 1. The summed E-state index contributed by atoms with van der Waals surface area (Å²) in [4.78, 5) is 30.9. The van der Waals surface area contributed by atoms with Gasteiger partial charge in [-0.2, -0.15) is 5.10 Å². The number of nitrogens with zero attached hydrogens (tertiary/aromatic N) is 4. The van der Waals surface area contributed by atoms with Crippen molar-refractivity contribution in [1.82, 2.24) is 19.7 Å². The molecule has 3 rings (SSSR count). The van der Waals surface area contributed by atoms with Crippen molar-refractivity contribution in [2.24, 2.45) is 5.73 Å². The maximum atomic E-state index is 13.2. The lowest BCUT2D eigenvalue weighted by molar-refractivity contribution is -0.121. The van der Waals surface area contributed by atoms with Gasteiger partial charge >= 0.3 is 0 Å². The molecular weight excluding hydrogens is 354 g/mol. The van der Waals surface area contributed by atoms with Gasteiger partial charge in [0.15, 0.2) is 5.65 Å². The van der Waals surface area contributed by atoms with E-state index in [1.165, 1.54) is 4.90 Å². The number of fused-ring (bicyclic) bond motifs is 1. The SMILES string of the molecule is Cc1ccccc1-c1cc(C(=O)N(C)[C@H](C)C(N)=O)c2cnn(C(C)C)c2n1. The average Bonchev–Trinajstić information content (AvgIpc) is 3.10. The zero-order chi connectivity index (χ0) is 20.6. The van der Waals surface area contributed by atoms with E-state index in [9.17, 15) is 9.59 Å². The third-order valence-corrected chi connectivity index (χ3v) is 5.02. The molecule has 0 spiro atoms. The van der Waals surface area contributed by atoms with Gasteiger partial charge in [0.1, 0.15) is 6.04 Å². The molecule has 146 valence electrons. The number of hydrogen-bond acceptors (Lipinski definition) is 4. The van der Waals surface area contributed by atoms with Crippen LogP contribution < -0.4 is 5.73 Å². The zero-order valence-corrected chi connectivity index (χ0v) is 16.8. The molecule has 0 aliphatic heterocycles. The summed E-state index contributed by atoms with van der Waals surface area (Å²) in [6, 6.07) is 9.01. The first-order valence-electron chi connectivity index (χ1n) is 9.23. The van der Waals surface area contributed by atoms with Gasteiger partial charge in [-0.25, -0.2) is 9.67 Å². The number of primary amides is 1. The maximum Gasteiger partial charge on any atom is 0.255 e. The number of nitrogens with two attached hydrogens (primary N) is 1. The van der Waals surface area contributed by atoms with Crippen molar-refractivity contribution in [3.63, 3.8) is 0 Å². The standard InChI is InChI=1S/C21H25N5O2/c1-12(2)26-20-17(11-23-26)16(21(28)25(5)14(4)19(22)27)10-18(24-20)15-9-7-6-8-13(15)3/h6-12,14H,1-5H3,(H2,22,27)/t14-/m1/s1. The maximum absolute atomic E-state index is 13.2. The third-order valence-electron chi connectivity index (χ3n) is 5.02. The summed E-state index contributed by atoms with van der Waals surface area (Å²) in [5, 5.41) is 5.08. The van der Waals surface area contributed by atoms with Gasteiger partial charge in [0.2, 0.25) is 5.91 Å². The first kappa shape index (κ1) is 19.5. The van der Waals surface area contributed by atoms with Crippen molar-refractivity contribution < 1.29 is 9.59 Å². The van der Waals surface area contributed by atoms with Crippen LogP contribution in [0, 0.1) is 6.92 Å². The fraction of sp³-hybridized carbons (Fsp3) is 0.333. The first-order chi connectivity index (χ1) is 13.2. The Bertz CT molecular complexity index is 1050. The van der Waals surface area contributed by atoms with E-state index in [1.807, 2.05) is 45.0 Å². The number of likely N-dealkylation sites (N-methyl/N-ethyl adjacent to an activating group) is 1. The molecule has 0 aliphatic rings. The number of carbonyl (C=O) groups excluding carboxylic acids is 2. The number of carbonyl (C=O) groups is 2.